The van der Waals surface area contributed by atoms with Gasteiger partial charge in [0.2, 0.25) is 0 Å². The van der Waals surface area contributed by atoms with Crippen LogP contribution in [0.4, 0.5) is 5.69 Å². The first-order valence-electron chi connectivity index (χ1n) is 7.75. The molecule has 128 valence electrons. The zero-order valence-corrected chi connectivity index (χ0v) is 13.4. The predicted octanol–water partition coefficient (Wildman–Crippen LogP) is 1.92. The Kier molecular flexibility index (Phi) is 6.02. The van der Waals surface area contributed by atoms with E-state index in [9.17, 15) is 14.9 Å². The van der Waals surface area contributed by atoms with Gasteiger partial charge in [0.15, 0.2) is 5.69 Å². The third-order valence-corrected chi connectivity index (χ3v) is 3.81. The molecule has 0 saturated carbocycles. The molecule has 8 heteroatoms. The van der Waals surface area contributed by atoms with E-state index in [-0.39, 0.29) is 29.8 Å². The number of nitro groups is 1. The summed E-state index contributed by atoms with van der Waals surface area (Å²) < 4.78 is 1.32. The minimum absolute atomic E-state index is 0.0819. The summed E-state index contributed by atoms with van der Waals surface area (Å²) >= 11 is 0. The first kappa shape index (κ1) is 17.6. The quantitative estimate of drug-likeness (QED) is 0.567. The van der Waals surface area contributed by atoms with Crippen LogP contribution in [0, 0.1) is 16.0 Å². The second-order valence-electron chi connectivity index (χ2n) is 5.39. The van der Waals surface area contributed by atoms with E-state index in [4.69, 9.17) is 5.11 Å². The van der Waals surface area contributed by atoms with Gasteiger partial charge in [0.05, 0.1) is 4.92 Å². The van der Waals surface area contributed by atoms with E-state index in [1.54, 1.807) is 18.2 Å². The van der Waals surface area contributed by atoms with Crippen molar-refractivity contribution in [3.05, 3.63) is 52.3 Å². The molecule has 2 N–H and O–H groups in total. The van der Waals surface area contributed by atoms with Gasteiger partial charge < -0.3 is 10.4 Å². The van der Waals surface area contributed by atoms with Gasteiger partial charge in [-0.1, -0.05) is 25.5 Å². The molecular formula is C16H20N4O4. The first-order valence-corrected chi connectivity index (χ1v) is 7.75. The average molecular weight is 332 g/mol. The van der Waals surface area contributed by atoms with Crippen LogP contribution in [0.3, 0.4) is 0 Å². The van der Waals surface area contributed by atoms with Crippen molar-refractivity contribution in [2.75, 3.05) is 13.2 Å². The summed E-state index contributed by atoms with van der Waals surface area (Å²) in [5, 5.41) is 26.9. The van der Waals surface area contributed by atoms with Crippen LogP contribution in [0.2, 0.25) is 0 Å². The Morgan fingerprint density at radius 3 is 2.83 bits per heavy atom. The SMILES string of the molecule is CCC(CCO)CNC(=O)c1ccn(-c2ccccc2[N+](=O)[O-])n1. The zero-order chi connectivity index (χ0) is 17.5. The number of aromatic nitrogens is 2. The highest BCUT2D eigenvalue weighted by Crippen LogP contribution is 2.21. The lowest BCUT2D eigenvalue weighted by molar-refractivity contribution is -0.384. The van der Waals surface area contributed by atoms with Crippen molar-refractivity contribution in [3.8, 4) is 5.69 Å². The largest absolute Gasteiger partial charge is 0.396 e. The Balaban J connectivity index is 2.11. The second kappa shape index (κ2) is 8.21. The molecule has 1 aromatic carbocycles. The topological polar surface area (TPSA) is 110 Å². The number of hydrogen-bond acceptors (Lipinski definition) is 5. The van der Waals surface area contributed by atoms with Crippen molar-refractivity contribution >= 4 is 11.6 Å². The highest BCUT2D eigenvalue weighted by Gasteiger charge is 2.17. The Labute approximate surface area is 139 Å². The molecule has 0 bridgehead atoms. The fourth-order valence-corrected chi connectivity index (χ4v) is 2.35. The molecule has 0 spiro atoms. The molecular weight excluding hydrogens is 312 g/mol. The normalized spacial score (nSPS) is 11.9. The number of aliphatic hydroxyl groups excluding tert-OH is 1. The van der Waals surface area contributed by atoms with Crippen molar-refractivity contribution < 1.29 is 14.8 Å². The van der Waals surface area contributed by atoms with Crippen molar-refractivity contribution in [2.24, 2.45) is 5.92 Å². The standard InChI is InChI=1S/C16H20N4O4/c1-2-12(8-10-21)11-17-16(22)13-7-9-19(18-13)14-5-3-4-6-15(14)20(23)24/h3-7,9,12,21H,2,8,10-11H2,1H3,(H,17,22). The molecule has 1 unspecified atom stereocenters. The van der Waals surface area contributed by atoms with Crippen LogP contribution in [0.5, 0.6) is 0 Å². The number of carbonyl (C=O) groups is 1. The molecule has 0 aliphatic heterocycles. The van der Waals surface area contributed by atoms with Gasteiger partial charge in [-0.15, -0.1) is 0 Å². The maximum Gasteiger partial charge on any atom is 0.294 e. The minimum atomic E-state index is -0.489. The number of carbonyl (C=O) groups excluding carboxylic acids is 1. The highest BCUT2D eigenvalue weighted by atomic mass is 16.6. The molecule has 2 aromatic rings. The first-order chi connectivity index (χ1) is 11.6. The lowest BCUT2D eigenvalue weighted by Crippen LogP contribution is -2.30. The van der Waals surface area contributed by atoms with Crippen LogP contribution in [0.15, 0.2) is 36.5 Å². The molecule has 0 aliphatic rings. The van der Waals surface area contributed by atoms with E-state index in [1.807, 2.05) is 6.92 Å². The van der Waals surface area contributed by atoms with Crippen LogP contribution in [-0.2, 0) is 0 Å². The Hall–Kier alpha value is -2.74. The lowest BCUT2D eigenvalue weighted by Gasteiger charge is -2.13. The van der Waals surface area contributed by atoms with Crippen LogP contribution >= 0.6 is 0 Å². The van der Waals surface area contributed by atoms with Crippen LogP contribution in [-0.4, -0.2) is 38.9 Å². The molecule has 0 fully saturated rings. The van der Waals surface area contributed by atoms with E-state index in [0.29, 0.717) is 18.7 Å². The number of benzene rings is 1. The molecule has 2 rings (SSSR count). The summed E-state index contributed by atoms with van der Waals surface area (Å²) in [6.07, 6.45) is 3.00. The second-order valence-corrected chi connectivity index (χ2v) is 5.39. The van der Waals surface area contributed by atoms with Gasteiger partial charge in [-0.25, -0.2) is 4.68 Å². The van der Waals surface area contributed by atoms with E-state index < -0.39 is 4.92 Å². The van der Waals surface area contributed by atoms with Crippen molar-refractivity contribution in [1.82, 2.24) is 15.1 Å². The number of para-hydroxylation sites is 2. The number of amides is 1. The van der Waals surface area contributed by atoms with Gasteiger partial charge in [-0.3, -0.25) is 14.9 Å². The smallest absolute Gasteiger partial charge is 0.294 e. The fraction of sp³-hybridized carbons (Fsp3) is 0.375. The number of nitrogens with one attached hydrogen (secondary N) is 1. The minimum Gasteiger partial charge on any atom is -0.396 e. The summed E-state index contributed by atoms with van der Waals surface area (Å²) in [6, 6.07) is 7.72. The van der Waals surface area contributed by atoms with Gasteiger partial charge >= 0.3 is 0 Å². The maximum atomic E-state index is 12.1. The van der Waals surface area contributed by atoms with Gasteiger partial charge in [-0.2, -0.15) is 5.10 Å². The predicted molar refractivity (Wildman–Crippen MR) is 88.0 cm³/mol. The molecule has 1 atom stereocenters. The molecule has 0 aliphatic carbocycles. The fourth-order valence-electron chi connectivity index (χ4n) is 2.35. The van der Waals surface area contributed by atoms with Crippen LogP contribution < -0.4 is 5.32 Å². The molecule has 0 radical (unpaired) electrons. The van der Waals surface area contributed by atoms with E-state index in [0.717, 1.165) is 6.42 Å². The van der Waals surface area contributed by atoms with Crippen LogP contribution in [0.25, 0.3) is 5.69 Å². The van der Waals surface area contributed by atoms with E-state index >= 15 is 0 Å². The van der Waals surface area contributed by atoms with Gasteiger partial charge in [0.25, 0.3) is 11.6 Å². The van der Waals surface area contributed by atoms with Crippen molar-refractivity contribution in [3.63, 3.8) is 0 Å². The average Bonchev–Trinajstić information content (AvgIpc) is 3.08. The van der Waals surface area contributed by atoms with Gasteiger partial charge in [-0.05, 0) is 24.5 Å². The van der Waals surface area contributed by atoms with E-state index in [2.05, 4.69) is 10.4 Å². The molecule has 0 saturated heterocycles. The Bertz CT molecular complexity index is 714. The number of aliphatic hydroxyl groups is 1. The summed E-state index contributed by atoms with van der Waals surface area (Å²) in [5.41, 5.74) is 0.404. The number of hydrogen-bond donors (Lipinski definition) is 2. The summed E-state index contributed by atoms with van der Waals surface area (Å²) in [7, 11) is 0. The molecule has 8 nitrogen and oxygen atoms in total. The number of nitro benzene ring substituents is 1. The van der Waals surface area contributed by atoms with Crippen LogP contribution in [0.1, 0.15) is 30.3 Å². The van der Waals surface area contributed by atoms with Gasteiger partial charge in [0, 0.05) is 25.4 Å². The lowest BCUT2D eigenvalue weighted by atomic mass is 10.0. The molecule has 1 heterocycles. The molecule has 1 amide bonds. The maximum absolute atomic E-state index is 12.1. The summed E-state index contributed by atoms with van der Waals surface area (Å²) in [5.74, 6) is -0.139. The monoisotopic (exact) mass is 332 g/mol. The zero-order valence-electron chi connectivity index (χ0n) is 13.4. The summed E-state index contributed by atoms with van der Waals surface area (Å²) in [6.45, 7) is 2.53. The Morgan fingerprint density at radius 1 is 1.42 bits per heavy atom. The van der Waals surface area contributed by atoms with Crippen molar-refractivity contribution in [2.45, 2.75) is 19.8 Å². The third-order valence-electron chi connectivity index (χ3n) is 3.81. The molecule has 1 aromatic heterocycles. The highest BCUT2D eigenvalue weighted by molar-refractivity contribution is 5.92. The number of rotatable bonds is 8. The van der Waals surface area contributed by atoms with E-state index in [1.165, 1.54) is 23.0 Å². The van der Waals surface area contributed by atoms with Crippen molar-refractivity contribution in [1.29, 1.82) is 0 Å². The third kappa shape index (κ3) is 4.17. The number of nitrogens with zero attached hydrogens (tertiary/aromatic N) is 3. The Morgan fingerprint density at radius 2 is 2.17 bits per heavy atom. The summed E-state index contributed by atoms with van der Waals surface area (Å²) in [4.78, 5) is 22.7. The molecule has 24 heavy (non-hydrogen) atoms. The van der Waals surface area contributed by atoms with Gasteiger partial charge in [0.1, 0.15) is 5.69 Å².